The van der Waals surface area contributed by atoms with Crippen molar-refractivity contribution in [2.75, 3.05) is 0 Å². The zero-order valence-corrected chi connectivity index (χ0v) is 11.8. The molecule has 3 rings (SSSR count). The number of carboxylic acid groups (broad SMARTS) is 1. The largest absolute Gasteiger partial charge is 0.478 e. The molecule has 0 saturated carbocycles. The number of hydrogen-bond donors (Lipinski definition) is 1. The number of carboxylic acids is 1. The summed E-state index contributed by atoms with van der Waals surface area (Å²) in [6.07, 6.45) is 0. The van der Waals surface area contributed by atoms with Crippen LogP contribution in [0.25, 0.3) is 11.3 Å². The topological polar surface area (TPSA) is 72.3 Å². The first kappa shape index (κ1) is 14.6. The van der Waals surface area contributed by atoms with E-state index >= 15 is 0 Å². The van der Waals surface area contributed by atoms with E-state index in [2.05, 4.69) is 10.2 Å². The maximum absolute atomic E-state index is 12.8. The molecule has 0 fully saturated rings. The molecule has 0 bridgehead atoms. The van der Waals surface area contributed by atoms with Crippen LogP contribution in [0.1, 0.15) is 10.4 Å². The standard InChI is InChI=1S/C17H11FN2O3/c18-13-4-6-14(7-5-13)23-16-9-8-15(19-20-16)11-2-1-3-12(10-11)17(21)22/h1-10H,(H,21,22). The number of aromatic nitrogens is 2. The van der Waals surface area contributed by atoms with E-state index in [-0.39, 0.29) is 17.3 Å². The summed E-state index contributed by atoms with van der Waals surface area (Å²) in [5, 5.41) is 17.0. The SMILES string of the molecule is O=C(O)c1cccc(-c2ccc(Oc3ccc(F)cc3)nn2)c1. The molecular formula is C17H11FN2O3. The van der Waals surface area contributed by atoms with Crippen LogP contribution in [0.3, 0.4) is 0 Å². The molecule has 0 saturated heterocycles. The highest BCUT2D eigenvalue weighted by Crippen LogP contribution is 2.22. The van der Waals surface area contributed by atoms with Crippen LogP contribution < -0.4 is 4.74 Å². The van der Waals surface area contributed by atoms with Gasteiger partial charge in [0.15, 0.2) is 0 Å². The second kappa shape index (κ2) is 6.23. The van der Waals surface area contributed by atoms with E-state index in [0.717, 1.165) is 0 Å². The quantitative estimate of drug-likeness (QED) is 0.794. The van der Waals surface area contributed by atoms with E-state index in [1.54, 1.807) is 24.3 Å². The lowest BCUT2D eigenvalue weighted by Crippen LogP contribution is -1.97. The molecule has 0 unspecified atom stereocenters. The van der Waals surface area contributed by atoms with Gasteiger partial charge in [-0.15, -0.1) is 10.2 Å². The fourth-order valence-electron chi connectivity index (χ4n) is 1.96. The fraction of sp³-hybridized carbons (Fsp3) is 0. The van der Waals surface area contributed by atoms with Crippen LogP contribution in [0.15, 0.2) is 60.7 Å². The Bertz CT molecular complexity index is 833. The lowest BCUT2D eigenvalue weighted by molar-refractivity contribution is 0.0697. The highest BCUT2D eigenvalue weighted by atomic mass is 19.1. The Morgan fingerprint density at radius 1 is 1.00 bits per heavy atom. The monoisotopic (exact) mass is 310 g/mol. The van der Waals surface area contributed by atoms with Crippen LogP contribution in [-0.2, 0) is 0 Å². The highest BCUT2D eigenvalue weighted by Gasteiger charge is 2.07. The maximum atomic E-state index is 12.8. The van der Waals surface area contributed by atoms with E-state index in [1.165, 1.54) is 36.4 Å². The Balaban J connectivity index is 1.80. The molecule has 6 heteroatoms. The summed E-state index contributed by atoms with van der Waals surface area (Å²) in [6, 6.07) is 15.2. The third-order valence-electron chi connectivity index (χ3n) is 3.08. The number of benzene rings is 2. The number of ether oxygens (including phenoxy) is 1. The van der Waals surface area contributed by atoms with Gasteiger partial charge in [-0.3, -0.25) is 0 Å². The van der Waals surface area contributed by atoms with Gasteiger partial charge in [-0.1, -0.05) is 12.1 Å². The first-order valence-electron chi connectivity index (χ1n) is 6.73. The van der Waals surface area contributed by atoms with Gasteiger partial charge in [0.05, 0.1) is 11.3 Å². The van der Waals surface area contributed by atoms with Crippen molar-refractivity contribution < 1.29 is 19.0 Å². The van der Waals surface area contributed by atoms with E-state index < -0.39 is 5.97 Å². The molecule has 0 atom stereocenters. The van der Waals surface area contributed by atoms with Crippen LogP contribution in [0.2, 0.25) is 0 Å². The van der Waals surface area contributed by atoms with Crippen LogP contribution in [0.4, 0.5) is 4.39 Å². The molecule has 3 aromatic rings. The lowest BCUT2D eigenvalue weighted by atomic mass is 10.1. The third kappa shape index (κ3) is 3.49. The predicted octanol–water partition coefficient (Wildman–Crippen LogP) is 3.77. The molecule has 114 valence electrons. The van der Waals surface area contributed by atoms with E-state index in [0.29, 0.717) is 17.0 Å². The molecule has 0 radical (unpaired) electrons. The molecule has 0 aliphatic carbocycles. The fourth-order valence-corrected chi connectivity index (χ4v) is 1.96. The molecule has 0 spiro atoms. The molecular weight excluding hydrogens is 299 g/mol. The number of hydrogen-bond acceptors (Lipinski definition) is 4. The Morgan fingerprint density at radius 3 is 2.43 bits per heavy atom. The van der Waals surface area contributed by atoms with Crippen LogP contribution in [0.5, 0.6) is 11.6 Å². The molecule has 0 amide bonds. The molecule has 2 aromatic carbocycles. The van der Waals surface area contributed by atoms with Crippen molar-refractivity contribution in [2.24, 2.45) is 0 Å². The van der Waals surface area contributed by atoms with Crippen molar-refractivity contribution in [3.05, 3.63) is 72.0 Å². The molecule has 23 heavy (non-hydrogen) atoms. The molecule has 1 N–H and O–H groups in total. The zero-order chi connectivity index (χ0) is 16.2. The van der Waals surface area contributed by atoms with Crippen molar-refractivity contribution in [3.8, 4) is 22.9 Å². The average molecular weight is 310 g/mol. The first-order chi connectivity index (χ1) is 11.1. The van der Waals surface area contributed by atoms with Crippen molar-refractivity contribution >= 4 is 5.97 Å². The van der Waals surface area contributed by atoms with Gasteiger partial charge in [0.2, 0.25) is 5.88 Å². The Kier molecular flexibility index (Phi) is 3.97. The van der Waals surface area contributed by atoms with Gasteiger partial charge in [0, 0.05) is 11.6 Å². The van der Waals surface area contributed by atoms with Gasteiger partial charge in [-0.2, -0.15) is 0 Å². The molecule has 0 aliphatic heterocycles. The summed E-state index contributed by atoms with van der Waals surface area (Å²) in [6.45, 7) is 0. The summed E-state index contributed by atoms with van der Waals surface area (Å²) in [4.78, 5) is 11.0. The number of nitrogens with zero attached hydrogens (tertiary/aromatic N) is 2. The summed E-state index contributed by atoms with van der Waals surface area (Å²) in [5.74, 6) is -0.649. The van der Waals surface area contributed by atoms with Crippen molar-refractivity contribution in [3.63, 3.8) is 0 Å². The Morgan fingerprint density at radius 2 is 1.78 bits per heavy atom. The van der Waals surface area contributed by atoms with Crippen molar-refractivity contribution in [1.82, 2.24) is 10.2 Å². The maximum Gasteiger partial charge on any atom is 0.335 e. The molecule has 0 aliphatic rings. The van der Waals surface area contributed by atoms with Crippen LogP contribution >= 0.6 is 0 Å². The van der Waals surface area contributed by atoms with Gasteiger partial charge in [0.1, 0.15) is 11.6 Å². The first-order valence-corrected chi connectivity index (χ1v) is 6.73. The second-order valence-corrected chi connectivity index (χ2v) is 4.70. The third-order valence-corrected chi connectivity index (χ3v) is 3.08. The Labute approximate surface area is 131 Å². The van der Waals surface area contributed by atoms with Gasteiger partial charge < -0.3 is 9.84 Å². The number of halogens is 1. The van der Waals surface area contributed by atoms with Crippen LogP contribution in [0, 0.1) is 5.82 Å². The minimum absolute atomic E-state index is 0.177. The smallest absolute Gasteiger partial charge is 0.335 e. The Hall–Kier alpha value is -3.28. The molecule has 5 nitrogen and oxygen atoms in total. The van der Waals surface area contributed by atoms with E-state index in [4.69, 9.17) is 9.84 Å². The average Bonchev–Trinajstić information content (AvgIpc) is 2.58. The number of carbonyl (C=O) groups is 1. The minimum Gasteiger partial charge on any atom is -0.478 e. The molecule has 1 aromatic heterocycles. The normalized spacial score (nSPS) is 10.3. The number of rotatable bonds is 4. The van der Waals surface area contributed by atoms with Gasteiger partial charge in [-0.25, -0.2) is 9.18 Å². The van der Waals surface area contributed by atoms with Crippen molar-refractivity contribution in [1.29, 1.82) is 0 Å². The predicted molar refractivity (Wildman–Crippen MR) is 80.9 cm³/mol. The summed E-state index contributed by atoms with van der Waals surface area (Å²) < 4.78 is 18.3. The second-order valence-electron chi connectivity index (χ2n) is 4.70. The lowest BCUT2D eigenvalue weighted by Gasteiger charge is -2.05. The summed E-state index contributed by atoms with van der Waals surface area (Å²) in [5.41, 5.74) is 1.35. The molecule has 1 heterocycles. The summed E-state index contributed by atoms with van der Waals surface area (Å²) in [7, 11) is 0. The highest BCUT2D eigenvalue weighted by molar-refractivity contribution is 5.89. The minimum atomic E-state index is -1.00. The van der Waals surface area contributed by atoms with Crippen LogP contribution in [-0.4, -0.2) is 21.3 Å². The number of aromatic carboxylic acids is 1. The summed E-state index contributed by atoms with van der Waals surface area (Å²) >= 11 is 0. The zero-order valence-electron chi connectivity index (χ0n) is 11.8. The van der Waals surface area contributed by atoms with Gasteiger partial charge >= 0.3 is 5.97 Å². The van der Waals surface area contributed by atoms with Gasteiger partial charge in [-0.05, 0) is 42.5 Å². The van der Waals surface area contributed by atoms with Gasteiger partial charge in [0.25, 0.3) is 0 Å². The van der Waals surface area contributed by atoms with E-state index in [9.17, 15) is 9.18 Å². The van der Waals surface area contributed by atoms with E-state index in [1.807, 2.05) is 0 Å². The van der Waals surface area contributed by atoms with Crippen molar-refractivity contribution in [2.45, 2.75) is 0 Å².